The van der Waals surface area contributed by atoms with Gasteiger partial charge in [0, 0.05) is 18.4 Å². The first-order valence-electron chi connectivity index (χ1n) is 5.66. The first-order valence-corrected chi connectivity index (χ1v) is 5.66. The van der Waals surface area contributed by atoms with E-state index in [0.29, 0.717) is 23.6 Å². The van der Waals surface area contributed by atoms with Gasteiger partial charge in [-0.2, -0.15) is 0 Å². The van der Waals surface area contributed by atoms with Gasteiger partial charge in [-0.05, 0) is 25.1 Å². The summed E-state index contributed by atoms with van der Waals surface area (Å²) in [6, 6.07) is 8.70. The van der Waals surface area contributed by atoms with Crippen molar-refractivity contribution in [3.63, 3.8) is 0 Å². The Balaban J connectivity index is 2.35. The minimum Gasteiger partial charge on any atom is -0.398 e. The molecule has 1 aromatic heterocycles. The Morgan fingerprint density at radius 1 is 1.33 bits per heavy atom. The molecule has 0 spiro atoms. The van der Waals surface area contributed by atoms with E-state index in [0.717, 1.165) is 0 Å². The molecule has 0 fully saturated rings. The maximum absolute atomic E-state index is 12.4. The molecule has 0 saturated carbocycles. The first kappa shape index (κ1) is 12.0. The number of anilines is 2. The summed E-state index contributed by atoms with van der Waals surface area (Å²) in [7, 11) is 0. The van der Waals surface area contributed by atoms with Crippen molar-refractivity contribution in [2.24, 2.45) is 0 Å². The lowest BCUT2D eigenvalue weighted by atomic mass is 10.1. The predicted molar refractivity (Wildman–Crippen MR) is 70.2 cm³/mol. The van der Waals surface area contributed by atoms with Crippen molar-refractivity contribution in [3.8, 4) is 0 Å². The molecule has 92 valence electrons. The lowest BCUT2D eigenvalue weighted by Crippen LogP contribution is -2.31. The Morgan fingerprint density at radius 3 is 2.72 bits per heavy atom. The Kier molecular flexibility index (Phi) is 3.52. The summed E-state index contributed by atoms with van der Waals surface area (Å²) in [4.78, 5) is 21.9. The molecule has 0 radical (unpaired) electrons. The van der Waals surface area contributed by atoms with Gasteiger partial charge in [0.05, 0.1) is 5.56 Å². The maximum atomic E-state index is 12.4. The van der Waals surface area contributed by atoms with Crippen molar-refractivity contribution in [3.05, 3.63) is 48.4 Å². The van der Waals surface area contributed by atoms with Crippen LogP contribution in [0.5, 0.6) is 0 Å². The van der Waals surface area contributed by atoms with Crippen LogP contribution in [0.4, 0.5) is 11.5 Å². The number of nitrogen functional groups attached to an aromatic ring is 1. The van der Waals surface area contributed by atoms with Crippen LogP contribution in [0.2, 0.25) is 0 Å². The van der Waals surface area contributed by atoms with Gasteiger partial charge in [0.15, 0.2) is 0 Å². The molecule has 0 atom stereocenters. The second kappa shape index (κ2) is 5.27. The molecule has 0 saturated heterocycles. The lowest BCUT2D eigenvalue weighted by molar-refractivity contribution is 0.0988. The molecule has 1 heterocycles. The highest BCUT2D eigenvalue weighted by atomic mass is 16.2. The minimum atomic E-state index is -0.158. The predicted octanol–water partition coefficient (Wildman–Crippen LogP) is 1.73. The van der Waals surface area contributed by atoms with Crippen molar-refractivity contribution < 1.29 is 4.79 Å². The number of rotatable bonds is 3. The number of amides is 1. The molecular formula is C13H14N4O. The molecule has 5 heteroatoms. The summed E-state index contributed by atoms with van der Waals surface area (Å²) in [5.41, 5.74) is 6.76. The van der Waals surface area contributed by atoms with Gasteiger partial charge in [0.25, 0.3) is 5.91 Å². The van der Waals surface area contributed by atoms with Crippen LogP contribution in [-0.2, 0) is 0 Å². The van der Waals surface area contributed by atoms with E-state index in [-0.39, 0.29) is 5.91 Å². The molecule has 5 nitrogen and oxygen atoms in total. The maximum Gasteiger partial charge on any atom is 0.261 e. The van der Waals surface area contributed by atoms with E-state index >= 15 is 0 Å². The van der Waals surface area contributed by atoms with E-state index < -0.39 is 0 Å². The quantitative estimate of drug-likeness (QED) is 0.832. The third-order valence-electron chi connectivity index (χ3n) is 2.60. The van der Waals surface area contributed by atoms with Crippen LogP contribution in [0.1, 0.15) is 17.3 Å². The summed E-state index contributed by atoms with van der Waals surface area (Å²) < 4.78 is 0. The van der Waals surface area contributed by atoms with E-state index in [1.54, 1.807) is 41.4 Å². The fraction of sp³-hybridized carbons (Fsp3) is 0.154. The molecule has 1 aromatic carbocycles. The molecule has 18 heavy (non-hydrogen) atoms. The third-order valence-corrected chi connectivity index (χ3v) is 2.60. The summed E-state index contributed by atoms with van der Waals surface area (Å²) in [6.45, 7) is 2.41. The van der Waals surface area contributed by atoms with Gasteiger partial charge in [0.1, 0.15) is 12.1 Å². The molecule has 0 unspecified atom stereocenters. The van der Waals surface area contributed by atoms with E-state index in [1.807, 2.05) is 6.92 Å². The van der Waals surface area contributed by atoms with Gasteiger partial charge >= 0.3 is 0 Å². The number of carbonyl (C=O) groups is 1. The molecular weight excluding hydrogens is 228 g/mol. The number of aromatic nitrogens is 2. The largest absolute Gasteiger partial charge is 0.398 e. The SMILES string of the molecule is CCN(C(=O)c1ccccc1N)c1ccncn1. The van der Waals surface area contributed by atoms with E-state index in [9.17, 15) is 4.79 Å². The molecule has 1 amide bonds. The lowest BCUT2D eigenvalue weighted by Gasteiger charge is -2.20. The van der Waals surface area contributed by atoms with Crippen LogP contribution in [-0.4, -0.2) is 22.4 Å². The number of hydrogen-bond acceptors (Lipinski definition) is 4. The Bertz CT molecular complexity index is 542. The molecule has 0 bridgehead atoms. The number of benzene rings is 1. The summed E-state index contributed by atoms with van der Waals surface area (Å²) in [6.07, 6.45) is 3.02. The van der Waals surface area contributed by atoms with Crippen molar-refractivity contribution in [1.29, 1.82) is 0 Å². The van der Waals surface area contributed by atoms with Gasteiger partial charge in [0.2, 0.25) is 0 Å². The molecule has 2 N–H and O–H groups in total. The second-order valence-corrected chi connectivity index (χ2v) is 3.70. The monoisotopic (exact) mass is 242 g/mol. The molecule has 0 aliphatic carbocycles. The first-order chi connectivity index (χ1) is 8.74. The zero-order valence-corrected chi connectivity index (χ0v) is 10.1. The highest BCUT2D eigenvalue weighted by Gasteiger charge is 2.18. The van der Waals surface area contributed by atoms with Gasteiger partial charge in [-0.1, -0.05) is 12.1 Å². The highest BCUT2D eigenvalue weighted by molar-refractivity contribution is 6.08. The average Bonchev–Trinajstić information content (AvgIpc) is 2.41. The fourth-order valence-electron chi connectivity index (χ4n) is 1.69. The van der Waals surface area contributed by atoms with Crippen molar-refractivity contribution in [2.45, 2.75) is 6.92 Å². The van der Waals surface area contributed by atoms with Gasteiger partial charge < -0.3 is 5.73 Å². The number of carbonyl (C=O) groups excluding carboxylic acids is 1. The van der Waals surface area contributed by atoms with E-state index in [1.165, 1.54) is 6.33 Å². The second-order valence-electron chi connectivity index (χ2n) is 3.70. The number of para-hydroxylation sites is 1. The normalized spacial score (nSPS) is 10.1. The van der Waals surface area contributed by atoms with Crippen molar-refractivity contribution >= 4 is 17.4 Å². The average molecular weight is 242 g/mol. The summed E-state index contributed by atoms with van der Waals surface area (Å²) in [5.74, 6) is 0.412. The highest BCUT2D eigenvalue weighted by Crippen LogP contribution is 2.17. The summed E-state index contributed by atoms with van der Waals surface area (Å²) in [5, 5.41) is 0. The van der Waals surface area contributed by atoms with Crippen LogP contribution < -0.4 is 10.6 Å². The third kappa shape index (κ3) is 2.29. The van der Waals surface area contributed by atoms with Gasteiger partial charge in [-0.15, -0.1) is 0 Å². The summed E-state index contributed by atoms with van der Waals surface area (Å²) >= 11 is 0. The van der Waals surface area contributed by atoms with Crippen LogP contribution in [0, 0.1) is 0 Å². The smallest absolute Gasteiger partial charge is 0.261 e. The minimum absolute atomic E-state index is 0.158. The van der Waals surface area contributed by atoms with E-state index in [4.69, 9.17) is 5.73 Å². The zero-order valence-electron chi connectivity index (χ0n) is 10.1. The van der Waals surface area contributed by atoms with E-state index in [2.05, 4.69) is 9.97 Å². The van der Waals surface area contributed by atoms with Crippen LogP contribution in [0.3, 0.4) is 0 Å². The molecule has 2 aromatic rings. The van der Waals surface area contributed by atoms with Crippen LogP contribution in [0.25, 0.3) is 0 Å². The van der Waals surface area contributed by atoms with Gasteiger partial charge in [-0.3, -0.25) is 9.69 Å². The van der Waals surface area contributed by atoms with Gasteiger partial charge in [-0.25, -0.2) is 9.97 Å². The Hall–Kier alpha value is -2.43. The fourth-order valence-corrected chi connectivity index (χ4v) is 1.69. The van der Waals surface area contributed by atoms with Crippen LogP contribution in [0.15, 0.2) is 42.9 Å². The van der Waals surface area contributed by atoms with Crippen molar-refractivity contribution in [2.75, 3.05) is 17.2 Å². The number of hydrogen-bond donors (Lipinski definition) is 1. The molecule has 2 rings (SSSR count). The Labute approximate surface area is 105 Å². The van der Waals surface area contributed by atoms with Crippen LogP contribution >= 0.6 is 0 Å². The van der Waals surface area contributed by atoms with Crippen molar-refractivity contribution in [1.82, 2.24) is 9.97 Å². The number of nitrogens with two attached hydrogens (primary N) is 1. The molecule has 0 aliphatic rings. The molecule has 0 aliphatic heterocycles. The Morgan fingerprint density at radius 2 is 2.11 bits per heavy atom. The zero-order chi connectivity index (χ0) is 13.0. The standard InChI is InChI=1S/C13H14N4O/c1-2-17(12-7-8-15-9-16-12)13(18)10-5-3-4-6-11(10)14/h3-9H,2,14H2,1H3. The number of nitrogens with zero attached hydrogens (tertiary/aromatic N) is 3. The topological polar surface area (TPSA) is 72.1 Å².